The maximum atomic E-state index is 13.2. The summed E-state index contributed by atoms with van der Waals surface area (Å²) in [7, 11) is 0. The number of rotatable bonds is 23. The van der Waals surface area contributed by atoms with E-state index in [0.717, 1.165) is 19.3 Å². The van der Waals surface area contributed by atoms with Gasteiger partial charge in [0.2, 0.25) is 0 Å². The van der Waals surface area contributed by atoms with Crippen LogP contribution in [0.3, 0.4) is 0 Å². The quantitative estimate of drug-likeness (QED) is 0.0771. The number of hydrogen-bond donors (Lipinski definition) is 2. The molecule has 9 heteroatoms. The maximum Gasteiger partial charge on any atom is 0.297 e. The Bertz CT molecular complexity index is 2450. The number of aliphatic hydroxyl groups excluding tert-OH is 1. The summed E-state index contributed by atoms with van der Waals surface area (Å²) in [6, 6.07) is -0.756. The van der Waals surface area contributed by atoms with Gasteiger partial charge in [-0.05, 0) is 150 Å². The van der Waals surface area contributed by atoms with Crippen LogP contribution in [0.25, 0.3) is 0 Å². The number of hydrogen-bond acceptors (Lipinski definition) is 8. The van der Waals surface area contributed by atoms with E-state index in [9.17, 15) is 9.90 Å². The molecule has 0 aromatic rings. The van der Waals surface area contributed by atoms with E-state index in [2.05, 4.69) is 154 Å². The Morgan fingerprint density at radius 2 is 1.09 bits per heavy atom. The molecule has 0 saturated carbocycles. The first-order valence-electron chi connectivity index (χ1n) is 23.2. The van der Waals surface area contributed by atoms with Crippen molar-refractivity contribution in [1.82, 2.24) is 5.32 Å². The molecule has 1 unspecified atom stereocenters. The van der Waals surface area contributed by atoms with Crippen molar-refractivity contribution in [3.63, 3.8) is 0 Å². The Labute approximate surface area is 438 Å². The van der Waals surface area contributed by atoms with E-state index in [0.29, 0.717) is 13.0 Å². The third-order valence-electron chi connectivity index (χ3n) is 9.69. The summed E-state index contributed by atoms with van der Waals surface area (Å²) in [6.07, 6.45) is 11.9. The lowest BCUT2D eigenvalue weighted by molar-refractivity contribution is -0.175. The Balaban J connectivity index is -0.0000000917. The molecular weight excluding hydrogens is 839 g/mol. The van der Waals surface area contributed by atoms with Crippen LogP contribution >= 0.6 is 0 Å². The van der Waals surface area contributed by atoms with Gasteiger partial charge in [-0.25, -0.2) is 0 Å². The zero-order valence-electron chi connectivity index (χ0n) is 40.7. The summed E-state index contributed by atoms with van der Waals surface area (Å²) in [4.78, 5) is 13.2. The molecule has 0 radical (unpaired) electrons. The first-order chi connectivity index (χ1) is 32.4. The molecule has 2 aliphatic heterocycles. The van der Waals surface area contributed by atoms with E-state index in [-0.39, 0.29) is 59.7 Å². The van der Waals surface area contributed by atoms with Crippen molar-refractivity contribution in [3.05, 3.63) is 0 Å². The van der Waals surface area contributed by atoms with Gasteiger partial charge in [0.1, 0.15) is 24.4 Å². The minimum atomic E-state index is -0.867. The molecule has 2 saturated heterocycles. The van der Waals surface area contributed by atoms with Gasteiger partial charge in [-0.15, -0.1) is 0 Å². The largest absolute Gasteiger partial charge is 0.390 e. The van der Waals surface area contributed by atoms with Crippen molar-refractivity contribution in [2.75, 3.05) is 19.8 Å². The van der Waals surface area contributed by atoms with E-state index in [1.54, 1.807) is 6.92 Å². The van der Waals surface area contributed by atoms with E-state index < -0.39 is 47.9 Å². The smallest absolute Gasteiger partial charge is 0.297 e. The van der Waals surface area contributed by atoms with Crippen LogP contribution in [0.2, 0.25) is 0 Å². The fourth-order valence-electron chi connectivity index (χ4n) is 6.82. The second kappa shape index (κ2) is 35.1. The van der Waals surface area contributed by atoms with E-state index in [1.807, 2.05) is 41.5 Å². The number of unbranched alkanes of at least 4 members (excludes halogenated alkanes) is 11. The van der Waals surface area contributed by atoms with Gasteiger partial charge in [-0.1, -0.05) is 89.9 Å². The molecule has 0 spiro atoms. The summed E-state index contributed by atoms with van der Waals surface area (Å²) < 4.78 is 36.9. The summed E-state index contributed by atoms with van der Waals surface area (Å²) >= 11 is 0. The lowest BCUT2D eigenvalue weighted by Gasteiger charge is -2.33. The molecule has 6 atom stereocenters. The molecular formula is C58H113NO8. The predicted octanol–water partition coefficient (Wildman–Crippen LogP) is 12.4. The molecule has 0 aliphatic carbocycles. The van der Waals surface area contributed by atoms with Gasteiger partial charge in [0.05, 0.1) is 38.1 Å². The Morgan fingerprint density at radius 1 is 0.642 bits per heavy atom. The maximum absolute atomic E-state index is 13.2. The van der Waals surface area contributed by atoms with Crippen molar-refractivity contribution in [1.29, 1.82) is 0 Å². The highest BCUT2D eigenvalue weighted by atomic mass is 16.8. The zero-order chi connectivity index (χ0) is 48.9. The standard InChI is InChI=1S/C58H65NO8.24H2/c1-9-11-13-15-17-19-21-23-24-25-26-27-28-29-30-31-32-33-35-37-39-41-43-45-54(61)59-50(46-62-47-52-56(67-58(7,8)66-52)53-48-63-57(5,6)65-53)55(64-49(3)4)51(60)44-42-40-38-36-34-22-20-18-16-14-12-10-2;;;;;;;;;;;;;;;;;;;;;;;;/h49-53,55-56,60H,10,12,14,16,18,20,22,34,36,38,40,42,44,46-48H2,1-8H3,(H,59,61);24*1H/t50-,51+,52?,53-,55-,56+;;;;;;;;;;;;;;;;;;;;;;;;/m0......................../s1. The van der Waals surface area contributed by atoms with Crippen molar-refractivity contribution in [2.24, 2.45) is 0 Å². The van der Waals surface area contributed by atoms with Gasteiger partial charge in [0.15, 0.2) is 11.6 Å². The number of ether oxygens (including phenoxy) is 6. The molecule has 2 aliphatic rings. The molecule has 0 bridgehead atoms. The van der Waals surface area contributed by atoms with Crippen LogP contribution in [0.4, 0.5) is 0 Å². The van der Waals surface area contributed by atoms with Gasteiger partial charge in [-0.2, -0.15) is 0 Å². The molecule has 2 rings (SSSR count). The average molecular weight is 953 g/mol. The van der Waals surface area contributed by atoms with Crippen LogP contribution in [0.15, 0.2) is 0 Å². The topological polar surface area (TPSA) is 105 Å². The molecule has 67 heavy (non-hydrogen) atoms. The van der Waals surface area contributed by atoms with Crippen LogP contribution < -0.4 is 5.32 Å². The molecule has 0 aromatic heterocycles. The van der Waals surface area contributed by atoms with Crippen LogP contribution in [0, 0.1) is 142 Å². The fraction of sp³-hybridized carbons (Fsp3) is 0.569. The summed E-state index contributed by atoms with van der Waals surface area (Å²) in [5, 5.41) is 14.5. The highest BCUT2D eigenvalue weighted by Crippen LogP contribution is 2.35. The van der Waals surface area contributed by atoms with Crippen molar-refractivity contribution >= 4 is 5.91 Å². The van der Waals surface area contributed by atoms with Gasteiger partial charge < -0.3 is 38.8 Å². The summed E-state index contributed by atoms with van der Waals surface area (Å²) in [6.45, 7) is 15.6. The minimum absolute atomic E-state index is 0. The normalized spacial score (nSPS) is 17.6. The fourth-order valence-corrected chi connectivity index (χ4v) is 6.82. The summed E-state index contributed by atoms with van der Waals surface area (Å²) in [5.41, 5.74) is 0. The van der Waals surface area contributed by atoms with Crippen LogP contribution in [0.5, 0.6) is 0 Å². The highest BCUT2D eigenvalue weighted by Gasteiger charge is 2.50. The van der Waals surface area contributed by atoms with Crippen molar-refractivity contribution in [2.45, 2.75) is 193 Å². The predicted molar refractivity (Wildman–Crippen MR) is 313 cm³/mol. The number of aliphatic hydroxyl groups is 1. The summed E-state index contributed by atoms with van der Waals surface area (Å²) in [5.74, 6) is 58.7. The Morgan fingerprint density at radius 3 is 1.52 bits per heavy atom. The Kier molecular flexibility index (Phi) is 29.9. The van der Waals surface area contributed by atoms with Crippen LogP contribution in [-0.4, -0.2) is 85.1 Å². The monoisotopic (exact) mass is 952 g/mol. The molecule has 398 valence electrons. The van der Waals surface area contributed by atoms with Crippen molar-refractivity contribution < 1.29 is 72.6 Å². The van der Waals surface area contributed by atoms with Gasteiger partial charge in [0, 0.05) is 75.7 Å². The van der Waals surface area contributed by atoms with Gasteiger partial charge >= 0.3 is 0 Å². The van der Waals surface area contributed by atoms with E-state index in [4.69, 9.17) is 28.4 Å². The van der Waals surface area contributed by atoms with Crippen LogP contribution in [0.1, 0.15) is 173 Å². The number of amides is 1. The Hall–Kier alpha value is -6.09. The lowest BCUT2D eigenvalue weighted by Crippen LogP contribution is -2.53. The highest BCUT2D eigenvalue weighted by molar-refractivity contribution is 5.94. The first-order valence-corrected chi connectivity index (χ1v) is 23.2. The third kappa shape index (κ3) is 28.5. The van der Waals surface area contributed by atoms with Gasteiger partial charge in [0.25, 0.3) is 5.91 Å². The molecule has 2 N–H and O–H groups in total. The second-order valence-corrected chi connectivity index (χ2v) is 16.6. The molecule has 1 amide bonds. The van der Waals surface area contributed by atoms with Crippen LogP contribution in [-0.2, 0) is 33.2 Å². The van der Waals surface area contributed by atoms with E-state index in [1.165, 1.54) is 57.8 Å². The van der Waals surface area contributed by atoms with Crippen molar-refractivity contribution in [3.8, 4) is 142 Å². The van der Waals surface area contributed by atoms with E-state index >= 15 is 0 Å². The molecule has 2 fully saturated rings. The number of carbonyl (C=O) groups excluding carboxylic acids is 1. The molecule has 0 aromatic carbocycles. The molecule has 9 nitrogen and oxygen atoms in total. The minimum Gasteiger partial charge on any atom is -0.390 e. The third-order valence-corrected chi connectivity index (χ3v) is 9.69. The number of nitrogens with one attached hydrogen (secondary N) is 1. The SMILES string of the molecule is CC#CC#CC#CC#CC#CC#CC#CC#CC#CC#CC#CC#CC(=O)N[C@@H](COCC1OC(C)(C)O[C@H]1[C@@H]1COC(C)(C)O1)[C@H](OC(C)C)[C@H](O)CCCCCCCCCCCCCC.[HH].[HH].[HH].[HH].[HH].[HH].[HH].[HH].[HH].[HH].[HH].[HH].[HH].[HH].[HH].[HH].[HH].[HH].[HH].[HH].[HH].[HH].[HH].[HH]. The first kappa shape index (κ1) is 57.0. The molecule has 2 heterocycles. The zero-order valence-corrected chi connectivity index (χ0v) is 40.7. The number of carbonyl (C=O) groups is 1. The van der Waals surface area contributed by atoms with Gasteiger partial charge in [-0.3, -0.25) is 4.79 Å². The average Bonchev–Trinajstić information content (AvgIpc) is 3.81. The second-order valence-electron chi connectivity index (χ2n) is 16.6. The lowest BCUT2D eigenvalue weighted by atomic mass is 9.98.